The Morgan fingerprint density at radius 3 is 2.48 bits per heavy atom. The summed E-state index contributed by atoms with van der Waals surface area (Å²) in [4.78, 5) is 23.1. The van der Waals surface area contributed by atoms with Crippen LogP contribution in [0.3, 0.4) is 0 Å². The first-order valence-electron chi connectivity index (χ1n) is 6.82. The minimum absolute atomic E-state index is 0.236. The Kier molecular flexibility index (Phi) is 7.25. The Morgan fingerprint density at radius 1 is 1.29 bits per heavy atom. The van der Waals surface area contributed by atoms with Crippen molar-refractivity contribution in [2.75, 3.05) is 20.3 Å². The molecule has 2 N–H and O–H groups in total. The third-order valence-electron chi connectivity index (χ3n) is 2.90. The second-order valence-electron chi connectivity index (χ2n) is 4.41. The van der Waals surface area contributed by atoms with Crippen LogP contribution in [-0.2, 0) is 14.3 Å². The van der Waals surface area contributed by atoms with Gasteiger partial charge in [0.1, 0.15) is 5.75 Å². The van der Waals surface area contributed by atoms with Crippen molar-refractivity contribution in [1.82, 2.24) is 5.32 Å². The van der Waals surface area contributed by atoms with Crippen LogP contribution in [0.4, 0.5) is 0 Å². The van der Waals surface area contributed by atoms with Crippen molar-refractivity contribution < 1.29 is 24.2 Å². The van der Waals surface area contributed by atoms with Crippen molar-refractivity contribution in [2.24, 2.45) is 0 Å². The van der Waals surface area contributed by atoms with Crippen molar-refractivity contribution in [3.8, 4) is 5.75 Å². The number of ether oxygens (including phenoxy) is 2. The number of hydrogen-bond acceptors (Lipinski definition) is 4. The zero-order valence-electron chi connectivity index (χ0n) is 12.3. The van der Waals surface area contributed by atoms with Crippen molar-refractivity contribution >= 4 is 11.9 Å². The number of methoxy groups -OCH3 is 1. The molecule has 0 spiro atoms. The van der Waals surface area contributed by atoms with Gasteiger partial charge in [0, 0.05) is 19.6 Å². The largest absolute Gasteiger partial charge is 0.497 e. The molecule has 6 heteroatoms. The van der Waals surface area contributed by atoms with Gasteiger partial charge < -0.3 is 19.9 Å². The molecule has 1 aromatic carbocycles. The zero-order chi connectivity index (χ0) is 15.7. The molecule has 6 nitrogen and oxygen atoms in total. The van der Waals surface area contributed by atoms with Crippen LogP contribution >= 0.6 is 0 Å². The van der Waals surface area contributed by atoms with Crippen molar-refractivity contribution in [3.63, 3.8) is 0 Å². The summed E-state index contributed by atoms with van der Waals surface area (Å²) >= 11 is 0. The average Bonchev–Trinajstić information content (AvgIpc) is 2.49. The van der Waals surface area contributed by atoms with Crippen LogP contribution in [0.25, 0.3) is 0 Å². The quantitative estimate of drug-likeness (QED) is 0.678. The normalized spacial score (nSPS) is 11.7. The van der Waals surface area contributed by atoms with Crippen molar-refractivity contribution in [1.29, 1.82) is 0 Å². The molecule has 1 aromatic rings. The number of hydrogen-bond donors (Lipinski definition) is 2. The predicted octanol–water partition coefficient (Wildman–Crippen LogP) is 1.75. The zero-order valence-corrected chi connectivity index (χ0v) is 12.3. The van der Waals surface area contributed by atoms with Gasteiger partial charge in [-0.1, -0.05) is 12.1 Å². The fourth-order valence-electron chi connectivity index (χ4n) is 1.80. The van der Waals surface area contributed by atoms with Gasteiger partial charge in [0.05, 0.1) is 7.11 Å². The maximum absolute atomic E-state index is 11.8. The Balaban J connectivity index is 2.60. The van der Waals surface area contributed by atoms with Crippen LogP contribution < -0.4 is 10.1 Å². The smallest absolute Gasteiger partial charge is 0.330 e. The Labute approximate surface area is 124 Å². The number of rotatable bonds is 9. The molecule has 1 rings (SSSR count). The summed E-state index contributed by atoms with van der Waals surface area (Å²) in [7, 11) is 1.53. The monoisotopic (exact) mass is 295 g/mol. The van der Waals surface area contributed by atoms with Gasteiger partial charge in [-0.05, 0) is 31.0 Å². The number of carboxylic acid groups (broad SMARTS) is 1. The summed E-state index contributed by atoms with van der Waals surface area (Å²) in [6, 6.07) is 5.50. The molecule has 0 aliphatic heterocycles. The van der Waals surface area contributed by atoms with Gasteiger partial charge in [-0.3, -0.25) is 4.79 Å². The van der Waals surface area contributed by atoms with Gasteiger partial charge in [-0.15, -0.1) is 0 Å². The first-order valence-corrected chi connectivity index (χ1v) is 6.82. The van der Waals surface area contributed by atoms with E-state index in [9.17, 15) is 14.7 Å². The van der Waals surface area contributed by atoms with Crippen LogP contribution in [0.15, 0.2) is 24.3 Å². The summed E-state index contributed by atoms with van der Waals surface area (Å²) in [6.45, 7) is 2.97. The van der Waals surface area contributed by atoms with Crippen molar-refractivity contribution in [3.05, 3.63) is 29.8 Å². The van der Waals surface area contributed by atoms with Crippen LogP contribution in [0.1, 0.15) is 31.4 Å². The molecule has 0 bridgehead atoms. The molecular weight excluding hydrogens is 274 g/mol. The lowest BCUT2D eigenvalue weighted by molar-refractivity contribution is -0.142. The number of aliphatic carboxylic acids is 1. The summed E-state index contributed by atoms with van der Waals surface area (Å²) in [5, 5.41) is 11.8. The molecule has 0 aliphatic carbocycles. The number of carbonyl (C=O) groups is 2. The molecule has 0 aliphatic rings. The summed E-state index contributed by atoms with van der Waals surface area (Å²) in [5.41, 5.74) is 0.501. The molecule has 0 saturated carbocycles. The predicted molar refractivity (Wildman–Crippen MR) is 77.2 cm³/mol. The maximum Gasteiger partial charge on any atom is 0.330 e. The SMILES string of the molecule is CCOCCCC(=O)NC(C(=O)O)c1ccc(OC)cc1. The molecule has 1 amide bonds. The van der Waals surface area contributed by atoms with Crippen molar-refractivity contribution in [2.45, 2.75) is 25.8 Å². The Morgan fingerprint density at radius 2 is 1.95 bits per heavy atom. The summed E-state index contributed by atoms with van der Waals surface area (Å²) < 4.78 is 10.2. The highest BCUT2D eigenvalue weighted by molar-refractivity contribution is 5.84. The van der Waals surface area contributed by atoms with E-state index in [4.69, 9.17) is 9.47 Å². The van der Waals surface area contributed by atoms with Crippen LogP contribution in [0.5, 0.6) is 5.75 Å². The van der Waals surface area contributed by atoms with E-state index in [1.165, 1.54) is 7.11 Å². The van der Waals surface area contributed by atoms with E-state index in [1.54, 1.807) is 24.3 Å². The number of carboxylic acids is 1. The highest BCUT2D eigenvalue weighted by Gasteiger charge is 2.21. The molecular formula is C15H21NO5. The number of carbonyl (C=O) groups excluding carboxylic acids is 1. The maximum atomic E-state index is 11.8. The average molecular weight is 295 g/mol. The number of nitrogens with one attached hydrogen (secondary N) is 1. The van der Waals surface area contributed by atoms with E-state index < -0.39 is 12.0 Å². The van der Waals surface area contributed by atoms with E-state index in [2.05, 4.69) is 5.32 Å². The third kappa shape index (κ3) is 5.83. The van der Waals surface area contributed by atoms with E-state index >= 15 is 0 Å². The second-order valence-corrected chi connectivity index (χ2v) is 4.41. The lowest BCUT2D eigenvalue weighted by atomic mass is 10.1. The minimum atomic E-state index is -1.10. The molecule has 0 radical (unpaired) electrons. The highest BCUT2D eigenvalue weighted by Crippen LogP contribution is 2.18. The standard InChI is InChI=1S/C15H21NO5/c1-3-21-10-4-5-13(17)16-14(15(18)19)11-6-8-12(20-2)9-7-11/h6-9,14H,3-5,10H2,1-2H3,(H,16,17)(H,18,19). The highest BCUT2D eigenvalue weighted by atomic mass is 16.5. The van der Waals surface area contributed by atoms with Gasteiger partial charge in [0.25, 0.3) is 0 Å². The molecule has 0 fully saturated rings. The lowest BCUT2D eigenvalue weighted by Gasteiger charge is -2.15. The Bertz CT molecular complexity index is 458. The summed E-state index contributed by atoms with van der Waals surface area (Å²) in [5.74, 6) is -0.776. The van der Waals surface area contributed by atoms with E-state index in [0.29, 0.717) is 30.9 Å². The van der Waals surface area contributed by atoms with Crippen LogP contribution in [0, 0.1) is 0 Å². The fraction of sp³-hybridized carbons (Fsp3) is 0.467. The molecule has 0 aromatic heterocycles. The molecule has 1 unspecified atom stereocenters. The molecule has 21 heavy (non-hydrogen) atoms. The molecule has 0 heterocycles. The number of benzene rings is 1. The number of amides is 1. The molecule has 0 saturated heterocycles. The van der Waals surface area contributed by atoms with Gasteiger partial charge >= 0.3 is 5.97 Å². The van der Waals surface area contributed by atoms with Crippen LogP contribution in [-0.4, -0.2) is 37.3 Å². The van der Waals surface area contributed by atoms with Gasteiger partial charge in [-0.2, -0.15) is 0 Å². The second kappa shape index (κ2) is 8.97. The minimum Gasteiger partial charge on any atom is -0.497 e. The lowest BCUT2D eigenvalue weighted by Crippen LogP contribution is -2.33. The molecule has 1 atom stereocenters. The van der Waals surface area contributed by atoms with Gasteiger partial charge in [-0.25, -0.2) is 4.79 Å². The summed E-state index contributed by atoms with van der Waals surface area (Å²) in [6.07, 6.45) is 0.800. The first-order chi connectivity index (χ1) is 10.1. The third-order valence-corrected chi connectivity index (χ3v) is 2.90. The van der Waals surface area contributed by atoms with E-state index in [-0.39, 0.29) is 12.3 Å². The van der Waals surface area contributed by atoms with Gasteiger partial charge in [0.2, 0.25) is 5.91 Å². The Hall–Kier alpha value is -2.08. The first kappa shape index (κ1) is 17.0. The van der Waals surface area contributed by atoms with Crippen LogP contribution in [0.2, 0.25) is 0 Å². The van der Waals surface area contributed by atoms with E-state index in [0.717, 1.165) is 0 Å². The fourth-order valence-corrected chi connectivity index (χ4v) is 1.80. The van der Waals surface area contributed by atoms with E-state index in [1.807, 2.05) is 6.92 Å². The van der Waals surface area contributed by atoms with Gasteiger partial charge in [0.15, 0.2) is 6.04 Å². The molecule has 116 valence electrons. The topological polar surface area (TPSA) is 84.9 Å².